The van der Waals surface area contributed by atoms with Crippen molar-refractivity contribution in [1.29, 1.82) is 0 Å². The van der Waals surface area contributed by atoms with Gasteiger partial charge in [0.05, 0.1) is 28.5 Å². The first-order valence-electron chi connectivity index (χ1n) is 6.97. The van der Waals surface area contributed by atoms with Gasteiger partial charge in [0, 0.05) is 5.56 Å². The number of hydrogen-bond acceptors (Lipinski definition) is 6. The van der Waals surface area contributed by atoms with E-state index in [1.54, 1.807) is 0 Å². The third-order valence-electron chi connectivity index (χ3n) is 3.54. The van der Waals surface area contributed by atoms with Crippen LogP contribution < -0.4 is 5.56 Å². The number of H-pyrrole nitrogens is 1. The minimum Gasteiger partial charge on any atom is -0.465 e. The molecule has 0 aliphatic carbocycles. The fraction of sp³-hybridized carbons (Fsp3) is 0.0625. The van der Waals surface area contributed by atoms with Gasteiger partial charge in [-0.3, -0.25) is 4.79 Å². The van der Waals surface area contributed by atoms with Crippen LogP contribution in [-0.2, 0) is 15.0 Å². The van der Waals surface area contributed by atoms with E-state index < -0.39 is 26.6 Å². The molecule has 9 heteroatoms. The lowest BCUT2D eigenvalue weighted by atomic mass is 10.1. The van der Waals surface area contributed by atoms with Gasteiger partial charge in [0.15, 0.2) is 0 Å². The van der Waals surface area contributed by atoms with Crippen molar-refractivity contribution >= 4 is 27.1 Å². The zero-order valence-electron chi connectivity index (χ0n) is 12.8. The van der Waals surface area contributed by atoms with Gasteiger partial charge in [-0.05, 0) is 42.5 Å². The molecule has 0 bridgehead atoms. The summed E-state index contributed by atoms with van der Waals surface area (Å²) in [6, 6.07) is 9.10. The van der Waals surface area contributed by atoms with Crippen molar-refractivity contribution in [1.82, 2.24) is 9.97 Å². The van der Waals surface area contributed by atoms with Crippen molar-refractivity contribution in [3.8, 4) is 11.4 Å². The molecule has 2 aromatic carbocycles. The molecule has 1 aromatic heterocycles. The van der Waals surface area contributed by atoms with Crippen LogP contribution in [0.5, 0.6) is 0 Å². The van der Waals surface area contributed by atoms with Crippen molar-refractivity contribution in [2.24, 2.45) is 0 Å². The molecular weight excluding hydrogens is 351 g/mol. The summed E-state index contributed by atoms with van der Waals surface area (Å²) < 4.78 is 39.3. The van der Waals surface area contributed by atoms with Crippen LogP contribution in [0.3, 0.4) is 0 Å². The van der Waals surface area contributed by atoms with E-state index in [-0.39, 0.29) is 22.3 Å². The van der Waals surface area contributed by atoms with E-state index >= 15 is 0 Å². The first-order chi connectivity index (χ1) is 11.8. The molecule has 0 atom stereocenters. The number of aromatic amines is 1. The predicted molar refractivity (Wildman–Crippen MR) is 87.4 cm³/mol. The zero-order valence-corrected chi connectivity index (χ0v) is 13.6. The minimum absolute atomic E-state index is 0.155. The number of ether oxygens (including phenoxy) is 1. The van der Waals surface area contributed by atoms with E-state index in [1.165, 1.54) is 37.4 Å². The zero-order chi connectivity index (χ0) is 18.2. The molecule has 128 valence electrons. The number of fused-ring (bicyclic) bond motifs is 1. The summed E-state index contributed by atoms with van der Waals surface area (Å²) in [6.45, 7) is 0. The summed E-state index contributed by atoms with van der Waals surface area (Å²) in [7, 11) is -3.57. The van der Waals surface area contributed by atoms with Gasteiger partial charge in [-0.2, -0.15) is 8.42 Å². The molecule has 25 heavy (non-hydrogen) atoms. The Morgan fingerprint density at radius 3 is 2.44 bits per heavy atom. The summed E-state index contributed by atoms with van der Waals surface area (Å²) in [6.07, 6.45) is 0. The predicted octanol–water partition coefficient (Wildman–Crippen LogP) is 2.03. The summed E-state index contributed by atoms with van der Waals surface area (Å²) in [5.41, 5.74) is 0.454. The molecule has 0 radical (unpaired) electrons. The molecule has 7 nitrogen and oxygen atoms in total. The van der Waals surface area contributed by atoms with E-state index in [4.69, 9.17) is 0 Å². The van der Waals surface area contributed by atoms with Crippen molar-refractivity contribution < 1.29 is 21.8 Å². The number of benzene rings is 2. The molecule has 0 spiro atoms. The number of carbonyl (C=O) groups is 1. The van der Waals surface area contributed by atoms with Gasteiger partial charge in [-0.1, -0.05) is 0 Å². The standard InChI is InChI=1S/C16H11FN2O5S/c1-24-16(21)10-4-7-12-13(8-10)18-14(19-15(12)20)9-2-5-11(6-3-9)25(17,22)23/h2-8H,1H3,(H,18,19,20). The molecule has 0 saturated carbocycles. The summed E-state index contributed by atoms with van der Waals surface area (Å²) in [4.78, 5) is 30.1. The number of esters is 1. The van der Waals surface area contributed by atoms with Gasteiger partial charge >= 0.3 is 16.2 Å². The van der Waals surface area contributed by atoms with Crippen LogP contribution in [0.15, 0.2) is 52.2 Å². The van der Waals surface area contributed by atoms with Crippen LogP contribution >= 0.6 is 0 Å². The van der Waals surface area contributed by atoms with E-state index in [0.29, 0.717) is 5.56 Å². The van der Waals surface area contributed by atoms with E-state index in [0.717, 1.165) is 12.1 Å². The number of aromatic nitrogens is 2. The molecule has 1 N–H and O–H groups in total. The average Bonchev–Trinajstić information content (AvgIpc) is 2.59. The second kappa shape index (κ2) is 6.10. The smallest absolute Gasteiger partial charge is 0.337 e. The maximum absolute atomic E-state index is 12.9. The van der Waals surface area contributed by atoms with Crippen LogP contribution in [-0.4, -0.2) is 31.5 Å². The molecule has 0 unspecified atom stereocenters. The first-order valence-corrected chi connectivity index (χ1v) is 8.35. The van der Waals surface area contributed by atoms with Crippen LogP contribution in [0.1, 0.15) is 10.4 Å². The summed E-state index contributed by atoms with van der Waals surface area (Å²) >= 11 is 0. The largest absolute Gasteiger partial charge is 0.465 e. The topological polar surface area (TPSA) is 106 Å². The second-order valence-corrected chi connectivity index (χ2v) is 6.45. The fourth-order valence-electron chi connectivity index (χ4n) is 2.30. The van der Waals surface area contributed by atoms with E-state index in [1.807, 2.05) is 0 Å². The minimum atomic E-state index is -4.81. The molecule has 3 rings (SSSR count). The Morgan fingerprint density at radius 2 is 1.84 bits per heavy atom. The lowest BCUT2D eigenvalue weighted by Crippen LogP contribution is -2.11. The number of carbonyl (C=O) groups excluding carboxylic acids is 1. The highest BCUT2D eigenvalue weighted by molar-refractivity contribution is 7.86. The molecule has 1 heterocycles. The van der Waals surface area contributed by atoms with Gasteiger partial charge < -0.3 is 9.72 Å². The van der Waals surface area contributed by atoms with Crippen LogP contribution in [0.2, 0.25) is 0 Å². The number of nitrogens with zero attached hydrogens (tertiary/aromatic N) is 1. The summed E-state index contributed by atoms with van der Waals surface area (Å²) in [5, 5.41) is 0.277. The molecule has 0 fully saturated rings. The lowest BCUT2D eigenvalue weighted by Gasteiger charge is -2.05. The Labute approximate surface area is 141 Å². The quantitative estimate of drug-likeness (QED) is 0.564. The highest BCUT2D eigenvalue weighted by Crippen LogP contribution is 2.20. The van der Waals surface area contributed by atoms with Gasteiger partial charge in [0.2, 0.25) is 0 Å². The Bertz CT molecular complexity index is 1140. The Morgan fingerprint density at radius 1 is 1.16 bits per heavy atom. The Hall–Kier alpha value is -3.07. The van der Waals surface area contributed by atoms with Crippen LogP contribution in [0, 0.1) is 0 Å². The average molecular weight is 362 g/mol. The highest BCUT2D eigenvalue weighted by atomic mass is 32.3. The first kappa shape index (κ1) is 16.8. The highest BCUT2D eigenvalue weighted by Gasteiger charge is 2.13. The number of halogens is 1. The van der Waals surface area contributed by atoms with Crippen molar-refractivity contribution in [3.05, 3.63) is 58.4 Å². The van der Waals surface area contributed by atoms with Crippen molar-refractivity contribution in [2.45, 2.75) is 4.90 Å². The molecule has 0 amide bonds. The SMILES string of the molecule is COC(=O)c1ccc2c(=O)[nH]c(-c3ccc(S(=O)(=O)F)cc3)nc2c1. The number of rotatable bonds is 3. The Balaban J connectivity index is 2.13. The monoisotopic (exact) mass is 362 g/mol. The third-order valence-corrected chi connectivity index (χ3v) is 4.37. The van der Waals surface area contributed by atoms with Gasteiger partial charge in [-0.15, -0.1) is 3.89 Å². The van der Waals surface area contributed by atoms with Crippen molar-refractivity contribution in [2.75, 3.05) is 7.11 Å². The van der Waals surface area contributed by atoms with Gasteiger partial charge in [0.1, 0.15) is 5.82 Å². The molecule has 0 aliphatic rings. The van der Waals surface area contributed by atoms with E-state index in [9.17, 15) is 21.9 Å². The molecular formula is C16H11FN2O5S. The normalized spacial score (nSPS) is 11.4. The second-order valence-electron chi connectivity index (χ2n) is 5.10. The fourth-order valence-corrected chi connectivity index (χ4v) is 2.76. The number of hydrogen-bond donors (Lipinski definition) is 1. The van der Waals surface area contributed by atoms with E-state index in [2.05, 4.69) is 14.7 Å². The Kier molecular flexibility index (Phi) is 4.09. The lowest BCUT2D eigenvalue weighted by molar-refractivity contribution is 0.0601. The van der Waals surface area contributed by atoms with Gasteiger partial charge in [0.25, 0.3) is 5.56 Å². The van der Waals surface area contributed by atoms with Crippen LogP contribution in [0.4, 0.5) is 3.89 Å². The van der Waals surface area contributed by atoms with Crippen molar-refractivity contribution in [3.63, 3.8) is 0 Å². The number of methoxy groups -OCH3 is 1. The molecule has 0 saturated heterocycles. The summed E-state index contributed by atoms with van der Waals surface area (Å²) in [5.74, 6) is -0.412. The maximum atomic E-state index is 12.9. The third kappa shape index (κ3) is 3.26. The van der Waals surface area contributed by atoms with Crippen LogP contribution in [0.25, 0.3) is 22.3 Å². The molecule has 3 aromatic rings. The van der Waals surface area contributed by atoms with Gasteiger partial charge in [-0.25, -0.2) is 9.78 Å². The maximum Gasteiger partial charge on any atom is 0.337 e. The molecule has 0 aliphatic heterocycles. The number of nitrogens with one attached hydrogen (secondary N) is 1.